The number of anilines is 1. The van der Waals surface area contributed by atoms with Crippen molar-refractivity contribution in [2.75, 3.05) is 11.9 Å². The lowest BCUT2D eigenvalue weighted by Crippen LogP contribution is -2.40. The van der Waals surface area contributed by atoms with E-state index in [4.69, 9.17) is 16.7 Å². The first kappa shape index (κ1) is 17.3. The number of carbonyl (C=O) groups is 1. The summed E-state index contributed by atoms with van der Waals surface area (Å²) in [4.78, 5) is 12.0. The molecule has 3 N–H and O–H groups in total. The summed E-state index contributed by atoms with van der Waals surface area (Å²) in [6, 6.07) is 8.63. The SMILES string of the molecule is Cc1cc(NC(=O)NC(C)C(C)CO)nn1-c1ccccc1Cl. The normalized spacial score (nSPS) is 13.4. The Morgan fingerprint density at radius 2 is 2.09 bits per heavy atom. The van der Waals surface area contributed by atoms with Crippen LogP contribution >= 0.6 is 11.6 Å². The Hall–Kier alpha value is -2.05. The van der Waals surface area contributed by atoms with Crippen LogP contribution in [0.1, 0.15) is 19.5 Å². The predicted molar refractivity (Wildman–Crippen MR) is 91.2 cm³/mol. The third kappa shape index (κ3) is 4.24. The maximum Gasteiger partial charge on any atom is 0.320 e. The molecule has 0 radical (unpaired) electrons. The summed E-state index contributed by atoms with van der Waals surface area (Å²) in [7, 11) is 0. The van der Waals surface area contributed by atoms with Crippen LogP contribution in [0.4, 0.5) is 10.6 Å². The molecule has 1 aromatic heterocycles. The van der Waals surface area contributed by atoms with Crippen LogP contribution < -0.4 is 10.6 Å². The molecule has 2 aromatic rings. The molecule has 2 atom stereocenters. The first-order valence-corrected chi connectivity index (χ1v) is 7.80. The van der Waals surface area contributed by atoms with Gasteiger partial charge in [0.1, 0.15) is 0 Å². The number of aromatic nitrogens is 2. The summed E-state index contributed by atoms with van der Waals surface area (Å²) in [5, 5.41) is 19.5. The minimum Gasteiger partial charge on any atom is -0.396 e. The minimum absolute atomic E-state index is 0.0156. The lowest BCUT2D eigenvalue weighted by molar-refractivity contribution is 0.204. The minimum atomic E-state index is -0.360. The second-order valence-electron chi connectivity index (χ2n) is 5.58. The summed E-state index contributed by atoms with van der Waals surface area (Å²) >= 11 is 6.18. The van der Waals surface area contributed by atoms with Crippen LogP contribution in [0, 0.1) is 12.8 Å². The number of halogens is 1. The number of aliphatic hydroxyl groups is 1. The number of nitrogens with one attached hydrogen (secondary N) is 2. The Morgan fingerprint density at radius 1 is 1.39 bits per heavy atom. The summed E-state index contributed by atoms with van der Waals surface area (Å²) in [5.74, 6) is 0.409. The van der Waals surface area contributed by atoms with Gasteiger partial charge in [-0.3, -0.25) is 5.32 Å². The van der Waals surface area contributed by atoms with Crippen LogP contribution in [0.5, 0.6) is 0 Å². The molecule has 1 aromatic carbocycles. The Kier molecular flexibility index (Phi) is 5.63. The molecule has 23 heavy (non-hydrogen) atoms. The van der Waals surface area contributed by atoms with Crippen LogP contribution in [-0.4, -0.2) is 33.6 Å². The van der Waals surface area contributed by atoms with Crippen molar-refractivity contribution < 1.29 is 9.90 Å². The van der Waals surface area contributed by atoms with E-state index in [-0.39, 0.29) is 24.6 Å². The molecule has 124 valence electrons. The lowest BCUT2D eigenvalue weighted by Gasteiger charge is -2.18. The standard InChI is InChI=1S/C16H21ClN4O2/c1-10(9-22)12(3)18-16(23)19-15-8-11(2)21(20-15)14-7-5-4-6-13(14)17/h4-8,10,12,22H,9H2,1-3H3,(H2,18,19,20,23). The average Bonchev–Trinajstić information content (AvgIpc) is 2.86. The molecule has 2 amide bonds. The molecule has 0 aliphatic carbocycles. The summed E-state index contributed by atoms with van der Waals surface area (Å²) < 4.78 is 1.68. The Bertz CT molecular complexity index is 686. The number of para-hydroxylation sites is 1. The second kappa shape index (κ2) is 7.48. The smallest absolute Gasteiger partial charge is 0.320 e. The number of aryl methyl sites for hydroxylation is 1. The lowest BCUT2D eigenvalue weighted by atomic mass is 10.1. The number of hydrogen-bond acceptors (Lipinski definition) is 3. The van der Waals surface area contributed by atoms with Crippen LogP contribution in [0.15, 0.2) is 30.3 Å². The topological polar surface area (TPSA) is 79.2 Å². The molecular formula is C16H21ClN4O2. The maximum atomic E-state index is 12.0. The first-order chi connectivity index (χ1) is 10.9. The van der Waals surface area contributed by atoms with E-state index in [1.807, 2.05) is 39.0 Å². The number of hydrogen-bond donors (Lipinski definition) is 3. The van der Waals surface area contributed by atoms with Crippen LogP contribution in [0.3, 0.4) is 0 Å². The van der Waals surface area contributed by atoms with Gasteiger partial charge in [-0.2, -0.15) is 0 Å². The third-order valence-corrected chi connectivity index (χ3v) is 4.03. The highest BCUT2D eigenvalue weighted by atomic mass is 35.5. The molecular weight excluding hydrogens is 316 g/mol. The molecule has 0 bridgehead atoms. The van der Waals surface area contributed by atoms with Gasteiger partial charge < -0.3 is 10.4 Å². The Labute approximate surface area is 140 Å². The van der Waals surface area contributed by atoms with E-state index in [1.165, 1.54) is 0 Å². The zero-order chi connectivity index (χ0) is 17.0. The van der Waals surface area contributed by atoms with Crippen molar-refractivity contribution in [3.05, 3.63) is 41.0 Å². The zero-order valence-electron chi connectivity index (χ0n) is 13.4. The zero-order valence-corrected chi connectivity index (χ0v) is 14.1. The molecule has 7 heteroatoms. The molecule has 0 saturated heterocycles. The number of carbonyl (C=O) groups excluding carboxylic acids is 1. The Balaban J connectivity index is 2.10. The fraction of sp³-hybridized carbons (Fsp3) is 0.375. The molecule has 0 spiro atoms. The first-order valence-electron chi connectivity index (χ1n) is 7.42. The van der Waals surface area contributed by atoms with Gasteiger partial charge in [0.25, 0.3) is 0 Å². The van der Waals surface area contributed by atoms with Gasteiger partial charge in [-0.05, 0) is 31.9 Å². The summed E-state index contributed by atoms with van der Waals surface area (Å²) in [5.41, 5.74) is 1.60. The molecule has 2 unspecified atom stereocenters. The van der Waals surface area contributed by atoms with E-state index < -0.39 is 0 Å². The van der Waals surface area contributed by atoms with Crippen molar-refractivity contribution in [1.29, 1.82) is 0 Å². The van der Waals surface area contributed by atoms with Crippen LogP contribution in [0.25, 0.3) is 5.69 Å². The summed E-state index contributed by atoms with van der Waals surface area (Å²) in [6.07, 6.45) is 0. The van der Waals surface area contributed by atoms with E-state index in [1.54, 1.807) is 16.8 Å². The number of aliphatic hydroxyl groups excluding tert-OH is 1. The third-order valence-electron chi connectivity index (χ3n) is 3.71. The van der Waals surface area contributed by atoms with Crippen molar-refractivity contribution in [1.82, 2.24) is 15.1 Å². The van der Waals surface area contributed by atoms with Crippen molar-refractivity contribution in [3.8, 4) is 5.69 Å². The number of rotatable bonds is 5. The van der Waals surface area contributed by atoms with Gasteiger partial charge in [-0.25, -0.2) is 9.48 Å². The van der Waals surface area contributed by atoms with Crippen LogP contribution in [-0.2, 0) is 0 Å². The van der Waals surface area contributed by atoms with Gasteiger partial charge in [0.2, 0.25) is 0 Å². The molecule has 0 aliphatic rings. The number of benzene rings is 1. The van der Waals surface area contributed by atoms with Crippen molar-refractivity contribution in [3.63, 3.8) is 0 Å². The Morgan fingerprint density at radius 3 is 2.74 bits per heavy atom. The van der Waals surface area contributed by atoms with E-state index in [2.05, 4.69) is 15.7 Å². The van der Waals surface area contributed by atoms with Gasteiger partial charge in [0.05, 0.1) is 10.7 Å². The molecule has 0 saturated carbocycles. The van der Waals surface area contributed by atoms with Gasteiger partial charge in [0.15, 0.2) is 5.82 Å². The fourth-order valence-corrected chi connectivity index (χ4v) is 2.28. The van der Waals surface area contributed by atoms with Gasteiger partial charge in [-0.1, -0.05) is 30.7 Å². The number of nitrogens with zero attached hydrogens (tertiary/aromatic N) is 2. The monoisotopic (exact) mass is 336 g/mol. The fourth-order valence-electron chi connectivity index (χ4n) is 2.06. The highest BCUT2D eigenvalue weighted by Crippen LogP contribution is 2.22. The summed E-state index contributed by atoms with van der Waals surface area (Å²) in [6.45, 7) is 5.60. The number of amides is 2. The largest absolute Gasteiger partial charge is 0.396 e. The van der Waals surface area contributed by atoms with E-state index in [9.17, 15) is 4.79 Å². The average molecular weight is 337 g/mol. The van der Waals surface area contributed by atoms with Crippen molar-refractivity contribution >= 4 is 23.4 Å². The van der Waals surface area contributed by atoms with Crippen molar-refractivity contribution in [2.24, 2.45) is 5.92 Å². The highest BCUT2D eigenvalue weighted by Gasteiger charge is 2.15. The predicted octanol–water partition coefficient (Wildman–Crippen LogP) is 2.97. The van der Waals surface area contributed by atoms with E-state index >= 15 is 0 Å². The van der Waals surface area contributed by atoms with Crippen LogP contribution in [0.2, 0.25) is 5.02 Å². The van der Waals surface area contributed by atoms with Crippen molar-refractivity contribution in [2.45, 2.75) is 26.8 Å². The molecule has 6 nitrogen and oxygen atoms in total. The molecule has 1 heterocycles. The molecule has 2 rings (SSSR count). The highest BCUT2D eigenvalue weighted by molar-refractivity contribution is 6.32. The maximum absolute atomic E-state index is 12.0. The molecule has 0 fully saturated rings. The second-order valence-corrected chi connectivity index (χ2v) is 5.99. The van der Waals surface area contributed by atoms with E-state index in [0.29, 0.717) is 10.8 Å². The van der Waals surface area contributed by atoms with Gasteiger partial charge >= 0.3 is 6.03 Å². The van der Waals surface area contributed by atoms with Gasteiger partial charge in [0, 0.05) is 24.4 Å². The van der Waals surface area contributed by atoms with Gasteiger partial charge in [-0.15, -0.1) is 5.10 Å². The quantitative estimate of drug-likeness (QED) is 0.785. The molecule has 0 aliphatic heterocycles. The van der Waals surface area contributed by atoms with E-state index in [0.717, 1.165) is 11.4 Å². The number of urea groups is 1.